The maximum Gasteiger partial charge on any atom is 0.337 e. The Morgan fingerprint density at radius 2 is 1.93 bits per heavy atom. The molecule has 3 N–H and O–H groups in total. The number of carboxylic acids is 1. The molecule has 0 saturated heterocycles. The summed E-state index contributed by atoms with van der Waals surface area (Å²) in [5, 5.41) is 27.3. The third-order valence-corrected chi connectivity index (χ3v) is 3.37. The molecule has 4 nitrogen and oxygen atoms in total. The van der Waals surface area contributed by atoms with Crippen LogP contribution in [-0.4, -0.2) is 21.3 Å². The van der Waals surface area contributed by atoms with E-state index in [1.165, 1.54) is 12.1 Å². The predicted molar refractivity (Wildman–Crippen MR) is 66.1 cm³/mol. The van der Waals surface area contributed by atoms with E-state index < -0.39 is 12.1 Å². The van der Waals surface area contributed by atoms with E-state index in [0.717, 1.165) is 0 Å². The summed E-state index contributed by atoms with van der Waals surface area (Å²) < 4.78 is 1.04. The van der Waals surface area contributed by atoms with Gasteiger partial charge in [0.1, 0.15) is 5.75 Å². The summed E-state index contributed by atoms with van der Waals surface area (Å²) in [6.45, 7) is 0. The summed E-state index contributed by atoms with van der Waals surface area (Å²) in [7, 11) is 0. The van der Waals surface area contributed by atoms with Crippen molar-refractivity contribution in [3.8, 4) is 5.75 Å². The van der Waals surface area contributed by atoms with Crippen LogP contribution in [0.2, 0.25) is 0 Å². The summed E-state index contributed by atoms with van der Waals surface area (Å²) in [6, 6.07) is 3.03. The average Bonchev–Trinajstić information content (AvgIpc) is 2.09. The summed E-state index contributed by atoms with van der Waals surface area (Å²) in [6.07, 6.45) is -1.59. The highest BCUT2D eigenvalue weighted by Crippen LogP contribution is 2.30. The van der Waals surface area contributed by atoms with Gasteiger partial charge in [0.15, 0.2) is 6.10 Å². The summed E-state index contributed by atoms with van der Waals surface area (Å²) in [4.78, 5) is 10.5. The number of carbonyl (C=O) groups is 1. The van der Waals surface area contributed by atoms with E-state index in [4.69, 9.17) is 5.11 Å². The third kappa shape index (κ3) is 2.48. The zero-order chi connectivity index (χ0) is 10.9. The van der Waals surface area contributed by atoms with Crippen LogP contribution < -0.4 is 0 Å². The maximum atomic E-state index is 10.5. The number of phenols is 1. The number of aliphatic carboxylic acids is 1. The summed E-state index contributed by atoms with van der Waals surface area (Å²) in [5.74, 6) is -1.35. The number of rotatable bonds is 2. The van der Waals surface area contributed by atoms with E-state index in [0.29, 0.717) is 7.14 Å². The van der Waals surface area contributed by atoms with Gasteiger partial charge in [0.25, 0.3) is 0 Å². The number of carboxylic acid groups (broad SMARTS) is 1. The molecule has 6 heteroatoms. The predicted octanol–water partition coefficient (Wildman–Crippen LogP) is 1.72. The number of aromatic hydroxyl groups is 1. The van der Waals surface area contributed by atoms with Crippen LogP contribution in [0.1, 0.15) is 11.7 Å². The zero-order valence-electron chi connectivity index (χ0n) is 6.74. The second-order valence-corrected chi connectivity index (χ2v) is 4.89. The second-order valence-electron chi connectivity index (χ2n) is 2.57. The minimum atomic E-state index is -1.59. The fraction of sp³-hybridized carbons (Fsp3) is 0.125. The second kappa shape index (κ2) is 4.62. The molecule has 1 rings (SSSR count). The topological polar surface area (TPSA) is 77.8 Å². The molecule has 14 heavy (non-hydrogen) atoms. The molecular formula is C8H6I2O4. The van der Waals surface area contributed by atoms with Crippen molar-refractivity contribution in [3.63, 3.8) is 0 Å². The van der Waals surface area contributed by atoms with Crippen LogP contribution in [0.4, 0.5) is 0 Å². The van der Waals surface area contributed by atoms with Gasteiger partial charge in [0, 0.05) is 9.13 Å². The summed E-state index contributed by atoms with van der Waals surface area (Å²) in [5.41, 5.74) is 0.211. The van der Waals surface area contributed by atoms with Gasteiger partial charge in [0.2, 0.25) is 0 Å². The molecule has 0 fully saturated rings. The summed E-state index contributed by atoms with van der Waals surface area (Å²) >= 11 is 3.73. The van der Waals surface area contributed by atoms with E-state index in [1.54, 1.807) is 22.6 Å². The maximum absolute atomic E-state index is 10.5. The Morgan fingerprint density at radius 3 is 2.43 bits per heavy atom. The number of aliphatic hydroxyl groups excluding tert-OH is 1. The van der Waals surface area contributed by atoms with E-state index in [2.05, 4.69) is 0 Å². The number of aliphatic hydroxyl groups is 1. The van der Waals surface area contributed by atoms with Gasteiger partial charge in [-0.15, -0.1) is 0 Å². The quantitative estimate of drug-likeness (QED) is 0.638. The first-order valence-corrected chi connectivity index (χ1v) is 5.68. The van der Waals surface area contributed by atoms with Crippen molar-refractivity contribution in [2.24, 2.45) is 0 Å². The monoisotopic (exact) mass is 420 g/mol. The van der Waals surface area contributed by atoms with E-state index in [-0.39, 0.29) is 11.3 Å². The molecule has 0 amide bonds. The highest BCUT2D eigenvalue weighted by Gasteiger charge is 2.20. The lowest BCUT2D eigenvalue weighted by molar-refractivity contribution is -0.147. The molecule has 0 aromatic heterocycles. The molecule has 0 aliphatic heterocycles. The fourth-order valence-corrected chi connectivity index (χ4v) is 2.16. The molecule has 0 aliphatic rings. The first-order chi connectivity index (χ1) is 6.43. The van der Waals surface area contributed by atoms with Crippen LogP contribution in [0, 0.1) is 7.14 Å². The van der Waals surface area contributed by atoms with Gasteiger partial charge < -0.3 is 15.3 Å². The van der Waals surface area contributed by atoms with Crippen molar-refractivity contribution in [1.29, 1.82) is 0 Å². The molecule has 0 saturated carbocycles. The largest absolute Gasteiger partial charge is 0.507 e. The van der Waals surface area contributed by atoms with Crippen LogP contribution in [0.25, 0.3) is 0 Å². The molecule has 1 aromatic rings. The van der Waals surface area contributed by atoms with Gasteiger partial charge in [-0.25, -0.2) is 4.79 Å². The average molecular weight is 420 g/mol. The SMILES string of the molecule is O=C(O)C(O)c1cc(I)cc(O)c1I. The minimum absolute atomic E-state index is 0.0206. The van der Waals surface area contributed by atoms with Crippen molar-refractivity contribution in [2.75, 3.05) is 0 Å². The lowest BCUT2D eigenvalue weighted by Crippen LogP contribution is -2.12. The molecule has 76 valence electrons. The van der Waals surface area contributed by atoms with Crippen LogP contribution in [0.15, 0.2) is 12.1 Å². The van der Waals surface area contributed by atoms with Gasteiger partial charge in [-0.05, 0) is 57.3 Å². The van der Waals surface area contributed by atoms with E-state index >= 15 is 0 Å². The molecule has 0 aliphatic carbocycles. The minimum Gasteiger partial charge on any atom is -0.507 e. The van der Waals surface area contributed by atoms with Gasteiger partial charge >= 0.3 is 5.97 Å². The Balaban J connectivity index is 3.26. The van der Waals surface area contributed by atoms with Crippen LogP contribution in [0.5, 0.6) is 5.75 Å². The number of benzene rings is 1. The first-order valence-electron chi connectivity index (χ1n) is 3.52. The van der Waals surface area contributed by atoms with Crippen LogP contribution in [0.3, 0.4) is 0 Å². The Hall–Kier alpha value is -0.0900. The smallest absolute Gasteiger partial charge is 0.337 e. The number of halogens is 2. The van der Waals surface area contributed by atoms with Crippen molar-refractivity contribution in [2.45, 2.75) is 6.10 Å². The molecule has 0 heterocycles. The van der Waals surface area contributed by atoms with E-state index in [1.807, 2.05) is 22.6 Å². The molecule has 1 aromatic carbocycles. The third-order valence-electron chi connectivity index (χ3n) is 1.57. The van der Waals surface area contributed by atoms with Gasteiger partial charge in [-0.1, -0.05) is 0 Å². The van der Waals surface area contributed by atoms with Crippen molar-refractivity contribution in [1.82, 2.24) is 0 Å². The molecule has 1 atom stereocenters. The van der Waals surface area contributed by atoms with Gasteiger partial charge in [-0.2, -0.15) is 0 Å². The molecule has 1 unspecified atom stereocenters. The Bertz CT molecular complexity index is 378. The molecule has 0 bridgehead atoms. The standard InChI is InChI=1S/C8H6I2O4/c9-3-1-4(7(12)8(13)14)6(10)5(11)2-3/h1-2,7,11-12H,(H,13,14). The normalized spacial score (nSPS) is 12.5. The van der Waals surface area contributed by atoms with E-state index in [9.17, 15) is 15.0 Å². The van der Waals surface area contributed by atoms with Crippen molar-refractivity contribution < 1.29 is 20.1 Å². The highest BCUT2D eigenvalue weighted by molar-refractivity contribution is 14.1. The Labute approximate surface area is 107 Å². The molecular weight excluding hydrogens is 414 g/mol. The lowest BCUT2D eigenvalue weighted by atomic mass is 10.1. The Kier molecular flexibility index (Phi) is 3.95. The highest BCUT2D eigenvalue weighted by atomic mass is 127. The molecule has 0 radical (unpaired) electrons. The van der Waals surface area contributed by atoms with Gasteiger partial charge in [0.05, 0.1) is 3.57 Å². The van der Waals surface area contributed by atoms with Crippen molar-refractivity contribution in [3.05, 3.63) is 24.8 Å². The first kappa shape index (κ1) is 12.0. The number of phenolic OH excluding ortho intramolecular Hbond substituents is 1. The Morgan fingerprint density at radius 1 is 1.36 bits per heavy atom. The number of hydrogen-bond acceptors (Lipinski definition) is 3. The molecule has 0 spiro atoms. The van der Waals surface area contributed by atoms with Crippen LogP contribution in [-0.2, 0) is 4.79 Å². The van der Waals surface area contributed by atoms with Crippen LogP contribution >= 0.6 is 45.2 Å². The fourth-order valence-electron chi connectivity index (χ4n) is 0.927. The lowest BCUT2D eigenvalue weighted by Gasteiger charge is -2.10. The van der Waals surface area contributed by atoms with Gasteiger partial charge in [-0.3, -0.25) is 0 Å². The zero-order valence-corrected chi connectivity index (χ0v) is 11.1. The van der Waals surface area contributed by atoms with Crippen molar-refractivity contribution >= 4 is 51.2 Å². The number of hydrogen-bond donors (Lipinski definition) is 3.